The van der Waals surface area contributed by atoms with Gasteiger partial charge in [0, 0.05) is 12.6 Å². The molecule has 0 aliphatic rings. The summed E-state index contributed by atoms with van der Waals surface area (Å²) in [4.78, 5) is 9.49. The minimum atomic E-state index is -3.91. The highest BCUT2D eigenvalue weighted by Gasteiger charge is 2.24. The van der Waals surface area contributed by atoms with E-state index in [1.807, 2.05) is 20.8 Å². The molecule has 1 aromatic rings. The van der Waals surface area contributed by atoms with Crippen LogP contribution in [-0.2, 0) is 10.0 Å². The minimum absolute atomic E-state index is 0.0492. The zero-order chi connectivity index (χ0) is 16.4. The van der Waals surface area contributed by atoms with Crippen LogP contribution in [0.1, 0.15) is 32.8 Å². The van der Waals surface area contributed by atoms with Gasteiger partial charge in [-0.15, -0.1) is 0 Å². The van der Waals surface area contributed by atoms with Crippen LogP contribution in [0.3, 0.4) is 0 Å². The van der Waals surface area contributed by atoms with Crippen LogP contribution in [0, 0.1) is 28.3 Å². The average Bonchev–Trinajstić information content (AvgIpc) is 2.25. The number of nitro groups is 1. The molecule has 0 fully saturated rings. The van der Waals surface area contributed by atoms with Crippen molar-refractivity contribution in [1.82, 2.24) is 4.72 Å². The van der Waals surface area contributed by atoms with Crippen LogP contribution in [0.2, 0.25) is 0 Å². The molecule has 1 N–H and O–H groups in total. The van der Waals surface area contributed by atoms with E-state index in [4.69, 9.17) is 0 Å². The van der Waals surface area contributed by atoms with Gasteiger partial charge in [-0.25, -0.2) is 13.1 Å². The summed E-state index contributed by atoms with van der Waals surface area (Å²) >= 11 is 0. The van der Waals surface area contributed by atoms with Gasteiger partial charge in [-0.05, 0) is 30.4 Å². The lowest BCUT2D eigenvalue weighted by Crippen LogP contribution is -2.28. The van der Waals surface area contributed by atoms with E-state index in [0.29, 0.717) is 6.42 Å². The SMILES string of the molecule is Cc1cc(F)c([N+](=O)[O-])cc1S(=O)(=O)NCCC(C)(C)C. The number of halogens is 1. The molecule has 0 atom stereocenters. The van der Waals surface area contributed by atoms with E-state index in [9.17, 15) is 22.9 Å². The first-order valence-corrected chi connectivity index (χ1v) is 7.86. The summed E-state index contributed by atoms with van der Waals surface area (Å²) in [5.41, 5.74) is -0.773. The fourth-order valence-electron chi connectivity index (χ4n) is 1.71. The Morgan fingerprint density at radius 1 is 1.33 bits per heavy atom. The molecule has 1 rings (SSSR count). The molecule has 1 aromatic carbocycles. The van der Waals surface area contributed by atoms with E-state index in [1.165, 1.54) is 6.92 Å². The normalized spacial score (nSPS) is 12.4. The second kappa shape index (κ2) is 6.07. The first-order valence-electron chi connectivity index (χ1n) is 6.38. The third kappa shape index (κ3) is 4.75. The molecule has 0 spiro atoms. The van der Waals surface area contributed by atoms with Crippen molar-refractivity contribution < 1.29 is 17.7 Å². The number of benzene rings is 1. The summed E-state index contributed by atoms with van der Waals surface area (Å²) in [6, 6.07) is 1.61. The minimum Gasteiger partial charge on any atom is -0.258 e. The van der Waals surface area contributed by atoms with E-state index in [-0.39, 0.29) is 22.4 Å². The Kier molecular flexibility index (Phi) is 5.06. The van der Waals surface area contributed by atoms with Crippen LogP contribution in [0.25, 0.3) is 0 Å². The number of rotatable bonds is 5. The van der Waals surface area contributed by atoms with Crippen LogP contribution in [-0.4, -0.2) is 19.9 Å². The van der Waals surface area contributed by atoms with Gasteiger partial charge in [0.05, 0.1) is 9.82 Å². The lowest BCUT2D eigenvalue weighted by molar-refractivity contribution is -0.387. The number of nitrogens with zero attached hydrogens (tertiary/aromatic N) is 1. The van der Waals surface area contributed by atoms with Crippen molar-refractivity contribution in [2.24, 2.45) is 5.41 Å². The fourth-order valence-corrected chi connectivity index (χ4v) is 2.99. The molecule has 8 heteroatoms. The zero-order valence-corrected chi connectivity index (χ0v) is 13.3. The van der Waals surface area contributed by atoms with Crippen molar-refractivity contribution in [2.75, 3.05) is 6.54 Å². The van der Waals surface area contributed by atoms with Crippen LogP contribution in [0.5, 0.6) is 0 Å². The quantitative estimate of drug-likeness (QED) is 0.667. The van der Waals surface area contributed by atoms with E-state index < -0.39 is 26.5 Å². The third-order valence-corrected chi connectivity index (χ3v) is 4.50. The smallest absolute Gasteiger partial charge is 0.258 e. The van der Waals surface area contributed by atoms with Crippen molar-refractivity contribution >= 4 is 15.7 Å². The Morgan fingerprint density at radius 2 is 1.90 bits per heavy atom. The molecule has 21 heavy (non-hydrogen) atoms. The molecule has 0 unspecified atom stereocenters. The number of hydrogen-bond acceptors (Lipinski definition) is 4. The Hall–Kier alpha value is -1.54. The molecular weight excluding hydrogens is 299 g/mol. The van der Waals surface area contributed by atoms with Gasteiger partial charge in [-0.1, -0.05) is 20.8 Å². The molecule has 0 saturated heterocycles. The van der Waals surface area contributed by atoms with Gasteiger partial charge in [0.2, 0.25) is 15.8 Å². The maximum absolute atomic E-state index is 13.4. The molecule has 0 aromatic heterocycles. The molecule has 118 valence electrons. The lowest BCUT2D eigenvalue weighted by Gasteiger charge is -2.18. The summed E-state index contributed by atoms with van der Waals surface area (Å²) < 4.78 is 40.1. The van der Waals surface area contributed by atoms with Gasteiger partial charge in [0.1, 0.15) is 0 Å². The summed E-state index contributed by atoms with van der Waals surface area (Å²) in [5, 5.41) is 10.7. The zero-order valence-electron chi connectivity index (χ0n) is 12.4. The first-order chi connectivity index (χ1) is 9.44. The Bertz CT molecular complexity index is 651. The topological polar surface area (TPSA) is 89.3 Å². The van der Waals surface area contributed by atoms with Gasteiger partial charge in [-0.2, -0.15) is 4.39 Å². The number of nitro benzene ring substituents is 1. The molecule has 0 bridgehead atoms. The predicted molar refractivity (Wildman–Crippen MR) is 77.1 cm³/mol. The van der Waals surface area contributed by atoms with E-state index >= 15 is 0 Å². The van der Waals surface area contributed by atoms with E-state index in [0.717, 1.165) is 12.1 Å². The molecule has 0 radical (unpaired) electrons. The van der Waals surface area contributed by atoms with Crippen molar-refractivity contribution in [3.8, 4) is 0 Å². The van der Waals surface area contributed by atoms with Gasteiger partial charge in [0.25, 0.3) is 0 Å². The second-order valence-corrected chi connectivity index (χ2v) is 7.77. The maximum Gasteiger partial charge on any atom is 0.306 e. The van der Waals surface area contributed by atoms with Crippen molar-refractivity contribution in [2.45, 2.75) is 39.0 Å². The molecule has 0 aliphatic carbocycles. The number of sulfonamides is 1. The Balaban J connectivity index is 3.08. The standard InChI is InChI=1S/C13H19FN2O4S/c1-9-7-10(14)11(16(17)18)8-12(9)21(19,20)15-6-5-13(2,3)4/h7-8,15H,5-6H2,1-4H3. The highest BCUT2D eigenvalue weighted by atomic mass is 32.2. The van der Waals surface area contributed by atoms with Gasteiger partial charge in [0.15, 0.2) is 0 Å². The van der Waals surface area contributed by atoms with Crippen molar-refractivity contribution in [3.05, 3.63) is 33.6 Å². The second-order valence-electron chi connectivity index (χ2n) is 6.03. The highest BCUT2D eigenvalue weighted by molar-refractivity contribution is 7.89. The molecule has 0 heterocycles. The van der Waals surface area contributed by atoms with Crippen LogP contribution < -0.4 is 4.72 Å². The van der Waals surface area contributed by atoms with Crippen LogP contribution in [0.4, 0.5) is 10.1 Å². The van der Waals surface area contributed by atoms with Gasteiger partial charge < -0.3 is 0 Å². The fraction of sp³-hybridized carbons (Fsp3) is 0.538. The molecule has 0 amide bonds. The van der Waals surface area contributed by atoms with Crippen molar-refractivity contribution in [1.29, 1.82) is 0 Å². The molecule has 0 aliphatic heterocycles. The van der Waals surface area contributed by atoms with Crippen LogP contribution >= 0.6 is 0 Å². The summed E-state index contributed by atoms with van der Waals surface area (Å²) in [7, 11) is -3.91. The van der Waals surface area contributed by atoms with Crippen LogP contribution in [0.15, 0.2) is 17.0 Å². The van der Waals surface area contributed by atoms with E-state index in [1.54, 1.807) is 0 Å². The highest BCUT2D eigenvalue weighted by Crippen LogP contribution is 2.25. The summed E-state index contributed by atoms with van der Waals surface area (Å²) in [5.74, 6) is -1.05. The Labute approximate surface area is 123 Å². The maximum atomic E-state index is 13.4. The predicted octanol–water partition coefficient (Wildman–Crippen LogP) is 2.76. The number of aryl methyl sites for hydroxylation is 1. The monoisotopic (exact) mass is 318 g/mol. The lowest BCUT2D eigenvalue weighted by atomic mass is 9.93. The molecular formula is C13H19FN2O4S. The first kappa shape index (κ1) is 17.5. The largest absolute Gasteiger partial charge is 0.306 e. The van der Waals surface area contributed by atoms with Gasteiger partial charge in [-0.3, -0.25) is 10.1 Å². The average molecular weight is 318 g/mol. The summed E-state index contributed by atoms with van der Waals surface area (Å²) in [6.45, 7) is 7.50. The third-order valence-electron chi connectivity index (χ3n) is 2.90. The number of nitrogens with one attached hydrogen (secondary N) is 1. The van der Waals surface area contributed by atoms with Gasteiger partial charge >= 0.3 is 5.69 Å². The summed E-state index contributed by atoms with van der Waals surface area (Å²) in [6.07, 6.45) is 0.606. The molecule has 6 nitrogen and oxygen atoms in total. The number of hydrogen-bond donors (Lipinski definition) is 1. The van der Waals surface area contributed by atoms with Crippen molar-refractivity contribution in [3.63, 3.8) is 0 Å². The van der Waals surface area contributed by atoms with E-state index in [2.05, 4.69) is 4.72 Å². The Morgan fingerprint density at radius 3 is 2.38 bits per heavy atom. The molecule has 0 saturated carbocycles.